The number of carboxylic acid groups (broad SMARTS) is 3. The van der Waals surface area contributed by atoms with Crippen molar-refractivity contribution in [1.29, 1.82) is 0 Å². The van der Waals surface area contributed by atoms with E-state index >= 15 is 0 Å². The van der Waals surface area contributed by atoms with Gasteiger partial charge in [-0.1, -0.05) is 60.7 Å². The number of aromatic carboxylic acids is 3. The molecule has 6 aromatic carbocycles. The predicted octanol–water partition coefficient (Wildman–Crippen LogP) is 12.5. The third-order valence-corrected chi connectivity index (χ3v) is 11.1. The van der Waals surface area contributed by atoms with Crippen LogP contribution in [0.1, 0.15) is 73.6 Å². The first-order valence-corrected chi connectivity index (χ1v) is 21.3. The van der Waals surface area contributed by atoms with E-state index in [9.17, 15) is 29.4 Å². The summed E-state index contributed by atoms with van der Waals surface area (Å²) in [6, 6.07) is 42.5. The van der Waals surface area contributed by atoms with Crippen LogP contribution in [0.3, 0.4) is 0 Å². The number of para-hydroxylation sites is 2. The molecule has 8 rings (SSSR count). The lowest BCUT2D eigenvalue weighted by Crippen LogP contribution is -2.23. The lowest BCUT2D eigenvalue weighted by atomic mass is 10.1. The van der Waals surface area contributed by atoms with Gasteiger partial charge in [0.1, 0.15) is 40.0 Å². The van der Waals surface area contributed by atoms with Crippen LogP contribution in [0, 0.1) is 0 Å². The highest BCUT2D eigenvalue weighted by Crippen LogP contribution is 2.36. The van der Waals surface area contributed by atoms with Crippen molar-refractivity contribution in [2.45, 2.75) is 39.5 Å². The molecule has 0 radical (unpaired) electrons. The highest BCUT2D eigenvalue weighted by Gasteiger charge is 2.21. The molecule has 2 aromatic heterocycles. The summed E-state index contributed by atoms with van der Waals surface area (Å²) in [7, 11) is 0. The van der Waals surface area contributed by atoms with Gasteiger partial charge < -0.3 is 38.7 Å². The molecule has 3 N–H and O–H groups in total. The van der Waals surface area contributed by atoms with E-state index in [1.807, 2.05) is 93.6 Å². The topological polar surface area (TPSA) is 167 Å². The first-order chi connectivity index (χ1) is 30.5. The summed E-state index contributed by atoms with van der Waals surface area (Å²) in [6.45, 7) is 6.03. The van der Waals surface area contributed by atoms with Gasteiger partial charge in [-0.05, 0) is 137 Å². The number of carboxylic acids is 3. The highest BCUT2D eigenvalue weighted by atomic mass is 79.9. The third-order valence-electron chi connectivity index (χ3n) is 9.75. The number of hydrogen-bond donors (Lipinski definition) is 3. The number of carbonyl (C=O) groups excluding carboxylic acids is 1. The van der Waals surface area contributed by atoms with E-state index in [0.717, 1.165) is 26.4 Å². The van der Waals surface area contributed by atoms with Gasteiger partial charge in [-0.3, -0.25) is 0 Å². The molecular formula is C50H40Br2N2O10. The zero-order valence-electron chi connectivity index (χ0n) is 34.6. The Kier molecular flexibility index (Phi) is 13.4. The molecule has 0 unspecified atom stereocenters. The maximum Gasteiger partial charge on any atom is 0.352 e. The van der Waals surface area contributed by atoms with Crippen LogP contribution in [0.25, 0.3) is 21.8 Å². The summed E-state index contributed by atoms with van der Waals surface area (Å²) in [5.41, 5.74) is 3.36. The van der Waals surface area contributed by atoms with Gasteiger partial charge in [-0.25, -0.2) is 19.2 Å². The van der Waals surface area contributed by atoms with Gasteiger partial charge in [0.05, 0.1) is 22.2 Å². The van der Waals surface area contributed by atoms with Crippen LogP contribution in [-0.4, -0.2) is 53.9 Å². The van der Waals surface area contributed by atoms with Crippen LogP contribution < -0.4 is 9.47 Å². The molecule has 0 fully saturated rings. The Hall–Kier alpha value is -7.16. The van der Waals surface area contributed by atoms with Crippen LogP contribution in [0.5, 0.6) is 23.0 Å². The van der Waals surface area contributed by atoms with Gasteiger partial charge >= 0.3 is 23.9 Å². The number of hydrogen-bond acceptors (Lipinski definition) is 7. The smallest absolute Gasteiger partial charge is 0.352 e. The SMILES string of the molecule is CC(C)(C)OC(=O)c1ccc(Cn2c(C(=O)O)cc3c(Br)cc(Oc4ccccc4)cc32)cc1.O=C(O)c1ccc(Cn2c(C(=O)O)cc3c(Br)cc(Oc4ccccc4)cc32)cc1. The number of rotatable bonds is 12. The predicted molar refractivity (Wildman–Crippen MR) is 249 cm³/mol. The van der Waals surface area contributed by atoms with E-state index in [1.54, 1.807) is 69.8 Å². The van der Waals surface area contributed by atoms with Gasteiger partial charge in [0.2, 0.25) is 0 Å². The van der Waals surface area contributed by atoms with E-state index in [-0.39, 0.29) is 23.5 Å². The molecule has 0 atom stereocenters. The summed E-state index contributed by atoms with van der Waals surface area (Å²) >= 11 is 7.07. The molecule has 324 valence electrons. The zero-order chi connectivity index (χ0) is 45.7. The maximum absolute atomic E-state index is 12.3. The molecule has 8 aromatic rings. The summed E-state index contributed by atoms with van der Waals surface area (Å²) in [4.78, 5) is 47.3. The third kappa shape index (κ3) is 10.7. The number of aromatic nitrogens is 2. The summed E-state index contributed by atoms with van der Waals surface area (Å²) in [5.74, 6) is -0.980. The molecule has 12 nitrogen and oxygen atoms in total. The average molecular weight is 989 g/mol. The van der Waals surface area contributed by atoms with E-state index < -0.39 is 29.5 Å². The number of nitrogens with zero attached hydrogens (tertiary/aromatic N) is 2. The summed E-state index contributed by atoms with van der Waals surface area (Å²) < 4.78 is 22.2. The molecule has 0 spiro atoms. The molecule has 14 heteroatoms. The van der Waals surface area contributed by atoms with Crippen molar-refractivity contribution < 1.29 is 48.7 Å². The summed E-state index contributed by atoms with van der Waals surface area (Å²) in [6.07, 6.45) is 0. The van der Waals surface area contributed by atoms with Crippen molar-refractivity contribution in [2.75, 3.05) is 0 Å². The number of carbonyl (C=O) groups is 4. The molecular weight excluding hydrogens is 948 g/mol. The van der Waals surface area contributed by atoms with E-state index in [1.165, 1.54) is 12.1 Å². The first-order valence-electron chi connectivity index (χ1n) is 19.8. The van der Waals surface area contributed by atoms with Gasteiger partial charge in [0.25, 0.3) is 0 Å². The molecule has 0 saturated heterocycles. The quantitative estimate of drug-likeness (QED) is 0.100. The Morgan fingerprint density at radius 3 is 1.25 bits per heavy atom. The van der Waals surface area contributed by atoms with Crippen LogP contribution in [-0.2, 0) is 17.8 Å². The molecule has 0 aliphatic rings. The number of benzene rings is 6. The van der Waals surface area contributed by atoms with Crippen molar-refractivity contribution in [3.05, 3.63) is 188 Å². The van der Waals surface area contributed by atoms with E-state index in [2.05, 4.69) is 31.9 Å². The lowest BCUT2D eigenvalue weighted by molar-refractivity contribution is 0.00688. The zero-order valence-corrected chi connectivity index (χ0v) is 37.8. The molecule has 64 heavy (non-hydrogen) atoms. The van der Waals surface area contributed by atoms with Gasteiger partial charge in [0.15, 0.2) is 0 Å². The van der Waals surface area contributed by atoms with Crippen molar-refractivity contribution in [3.63, 3.8) is 0 Å². The Morgan fingerprint density at radius 2 is 0.891 bits per heavy atom. The van der Waals surface area contributed by atoms with Gasteiger partial charge in [-0.15, -0.1) is 0 Å². The van der Waals surface area contributed by atoms with Crippen LogP contribution in [0.2, 0.25) is 0 Å². The Labute approximate surface area is 384 Å². The first kappa shape index (κ1) is 44.9. The van der Waals surface area contributed by atoms with Gasteiger partial charge in [0, 0.05) is 44.9 Å². The Balaban J connectivity index is 0.000000193. The minimum atomic E-state index is -1.05. The Bertz CT molecular complexity index is 3010. The fraction of sp³-hybridized carbons (Fsp3) is 0.120. The van der Waals surface area contributed by atoms with Crippen LogP contribution in [0.15, 0.2) is 155 Å². The standard InChI is InChI=1S/C27H24BrNO5.C23H16BrNO5/c1-27(2,3)34-26(32)18-11-9-17(10-12-18)16-29-23-14-20(33-19-7-5-4-6-8-19)13-22(28)21(23)15-24(29)25(30)31;24-19-10-17(30-16-4-2-1-3-5-16)11-20-18(19)12-21(23(28)29)25(20)13-14-6-8-15(9-7-14)22(26)27/h4-15H,16H2,1-3H3,(H,30,31);1-12H,13H2,(H,26,27)(H,28,29). The lowest BCUT2D eigenvalue weighted by Gasteiger charge is -2.19. The van der Waals surface area contributed by atoms with E-state index in [0.29, 0.717) is 50.6 Å². The largest absolute Gasteiger partial charge is 0.478 e. The number of fused-ring (bicyclic) bond motifs is 2. The molecule has 0 aliphatic carbocycles. The second-order valence-electron chi connectivity index (χ2n) is 15.5. The average Bonchev–Trinajstić information content (AvgIpc) is 3.81. The highest BCUT2D eigenvalue weighted by molar-refractivity contribution is 9.11. The second kappa shape index (κ2) is 19.1. The minimum absolute atomic E-state index is 0.130. The van der Waals surface area contributed by atoms with Crippen molar-refractivity contribution >= 4 is 77.5 Å². The molecule has 0 saturated carbocycles. The van der Waals surface area contributed by atoms with Crippen molar-refractivity contribution in [1.82, 2.24) is 9.13 Å². The van der Waals surface area contributed by atoms with Crippen LogP contribution in [0.4, 0.5) is 0 Å². The van der Waals surface area contributed by atoms with E-state index in [4.69, 9.17) is 19.3 Å². The van der Waals surface area contributed by atoms with Gasteiger partial charge in [-0.2, -0.15) is 0 Å². The monoisotopic (exact) mass is 986 g/mol. The van der Waals surface area contributed by atoms with Crippen molar-refractivity contribution in [2.24, 2.45) is 0 Å². The second-order valence-corrected chi connectivity index (χ2v) is 17.3. The Morgan fingerprint density at radius 1 is 0.500 bits per heavy atom. The summed E-state index contributed by atoms with van der Waals surface area (Å²) in [5, 5.41) is 30.1. The van der Waals surface area contributed by atoms with Crippen molar-refractivity contribution in [3.8, 4) is 23.0 Å². The molecule has 0 bridgehead atoms. The normalized spacial score (nSPS) is 11.1. The number of esters is 1. The van der Waals surface area contributed by atoms with Crippen LogP contribution >= 0.6 is 31.9 Å². The molecule has 0 aliphatic heterocycles. The fourth-order valence-electron chi connectivity index (χ4n) is 6.84. The maximum atomic E-state index is 12.3. The minimum Gasteiger partial charge on any atom is -0.478 e. The molecule has 0 amide bonds. The number of halogens is 2. The number of ether oxygens (including phenoxy) is 3. The molecule has 2 heterocycles. The fourth-order valence-corrected chi connectivity index (χ4v) is 7.93.